The van der Waals surface area contributed by atoms with E-state index < -0.39 is 0 Å². The summed E-state index contributed by atoms with van der Waals surface area (Å²) in [5, 5.41) is 10.7. The van der Waals surface area contributed by atoms with E-state index >= 15 is 0 Å². The first-order chi connectivity index (χ1) is 10.6. The monoisotopic (exact) mass is 342 g/mol. The first kappa shape index (κ1) is 15.9. The van der Waals surface area contributed by atoms with Crippen LogP contribution in [0.2, 0.25) is 10.0 Å². The van der Waals surface area contributed by atoms with Crippen LogP contribution in [0.1, 0.15) is 12.8 Å². The van der Waals surface area contributed by atoms with Crippen LogP contribution in [0, 0.1) is 0 Å². The van der Waals surface area contributed by atoms with Crippen molar-refractivity contribution in [3.05, 3.63) is 28.2 Å². The molecule has 1 aromatic carbocycles. The predicted molar refractivity (Wildman–Crippen MR) is 89.9 cm³/mol. The Balaban J connectivity index is 1.75. The van der Waals surface area contributed by atoms with Gasteiger partial charge in [-0.3, -0.25) is 0 Å². The number of rotatable bonds is 1. The van der Waals surface area contributed by atoms with Crippen molar-refractivity contribution in [1.29, 1.82) is 0 Å². The summed E-state index contributed by atoms with van der Waals surface area (Å²) in [5.74, 6) is 0. The molecule has 0 radical (unpaired) electrons. The van der Waals surface area contributed by atoms with Gasteiger partial charge in [0.15, 0.2) is 0 Å². The number of hydrogen-bond donors (Lipinski definition) is 3. The van der Waals surface area contributed by atoms with E-state index in [2.05, 4.69) is 16.0 Å². The second-order valence-corrected chi connectivity index (χ2v) is 6.68. The number of nitrogens with one attached hydrogen (secondary N) is 3. The van der Waals surface area contributed by atoms with Gasteiger partial charge in [-0.2, -0.15) is 0 Å². The van der Waals surface area contributed by atoms with Crippen LogP contribution in [0.3, 0.4) is 0 Å². The molecule has 120 valence electrons. The Kier molecular flexibility index (Phi) is 4.78. The third-order valence-electron chi connectivity index (χ3n) is 4.49. The second-order valence-electron chi connectivity index (χ2n) is 5.86. The molecule has 0 unspecified atom stereocenters. The summed E-state index contributed by atoms with van der Waals surface area (Å²) in [4.78, 5) is 14.7. The third-order valence-corrected chi connectivity index (χ3v) is 5.23. The van der Waals surface area contributed by atoms with Gasteiger partial charge in [-0.05, 0) is 44.1 Å². The summed E-state index contributed by atoms with van der Waals surface area (Å²) >= 11 is 11.9. The Hall–Kier alpha value is -1.01. The highest BCUT2D eigenvalue weighted by Crippen LogP contribution is 2.29. The first-order valence-electron chi connectivity index (χ1n) is 7.56. The van der Waals surface area contributed by atoms with Crippen LogP contribution in [0.15, 0.2) is 18.2 Å². The molecule has 0 saturated carbocycles. The zero-order chi connectivity index (χ0) is 15.6. The van der Waals surface area contributed by atoms with E-state index in [9.17, 15) is 4.79 Å². The van der Waals surface area contributed by atoms with E-state index in [-0.39, 0.29) is 11.6 Å². The van der Waals surface area contributed by atoms with Crippen molar-refractivity contribution in [2.75, 3.05) is 38.0 Å². The van der Waals surface area contributed by atoms with Crippen LogP contribution in [0.4, 0.5) is 10.5 Å². The smallest absolute Gasteiger partial charge is 0.317 e. The maximum absolute atomic E-state index is 12.7. The number of amides is 2. The van der Waals surface area contributed by atoms with Gasteiger partial charge in [0.25, 0.3) is 0 Å². The molecule has 0 aliphatic carbocycles. The van der Waals surface area contributed by atoms with Crippen molar-refractivity contribution in [3.63, 3.8) is 0 Å². The van der Waals surface area contributed by atoms with Crippen LogP contribution in [0.5, 0.6) is 0 Å². The fraction of sp³-hybridized carbons (Fsp3) is 0.533. The molecule has 1 spiro atoms. The van der Waals surface area contributed by atoms with E-state index in [1.807, 2.05) is 4.90 Å². The number of urea groups is 1. The molecule has 0 atom stereocenters. The number of halogens is 2. The van der Waals surface area contributed by atoms with E-state index in [1.54, 1.807) is 18.2 Å². The molecule has 2 heterocycles. The number of piperidine rings is 1. The average molecular weight is 343 g/mol. The van der Waals surface area contributed by atoms with Gasteiger partial charge >= 0.3 is 6.03 Å². The summed E-state index contributed by atoms with van der Waals surface area (Å²) < 4.78 is 0. The minimum atomic E-state index is -0.0934. The van der Waals surface area contributed by atoms with E-state index in [0.717, 1.165) is 39.0 Å². The zero-order valence-corrected chi connectivity index (χ0v) is 13.8. The van der Waals surface area contributed by atoms with Crippen LogP contribution in [0.25, 0.3) is 0 Å². The maximum atomic E-state index is 12.7. The Labute approximate surface area is 140 Å². The molecule has 2 saturated heterocycles. The van der Waals surface area contributed by atoms with Gasteiger partial charge in [-0.1, -0.05) is 23.2 Å². The molecule has 3 rings (SSSR count). The lowest BCUT2D eigenvalue weighted by Gasteiger charge is -2.49. The zero-order valence-electron chi connectivity index (χ0n) is 12.3. The average Bonchev–Trinajstić information content (AvgIpc) is 2.52. The lowest BCUT2D eigenvalue weighted by Crippen LogP contribution is -2.66. The number of piperazine rings is 1. The number of carbonyl (C=O) groups is 1. The molecule has 1 aromatic rings. The van der Waals surface area contributed by atoms with Crippen molar-refractivity contribution < 1.29 is 4.79 Å². The van der Waals surface area contributed by atoms with Gasteiger partial charge < -0.3 is 20.9 Å². The largest absolute Gasteiger partial charge is 0.322 e. The quantitative estimate of drug-likeness (QED) is 0.735. The molecule has 5 nitrogen and oxygen atoms in total. The van der Waals surface area contributed by atoms with Gasteiger partial charge in [0.1, 0.15) is 0 Å². The summed E-state index contributed by atoms with van der Waals surface area (Å²) in [6.45, 7) is 4.27. The SMILES string of the molecule is O=C(Nc1ccc(Cl)c(Cl)c1)N1CCNCC12CCNCC2. The van der Waals surface area contributed by atoms with E-state index in [4.69, 9.17) is 23.2 Å². The van der Waals surface area contributed by atoms with Gasteiger partial charge in [0, 0.05) is 25.3 Å². The molecule has 2 aliphatic rings. The van der Waals surface area contributed by atoms with Crippen LogP contribution in [-0.4, -0.2) is 49.2 Å². The van der Waals surface area contributed by atoms with Crippen molar-refractivity contribution in [1.82, 2.24) is 15.5 Å². The van der Waals surface area contributed by atoms with E-state index in [1.165, 1.54) is 0 Å². The lowest BCUT2D eigenvalue weighted by atomic mass is 9.85. The number of anilines is 1. The highest BCUT2D eigenvalue weighted by molar-refractivity contribution is 6.42. The number of hydrogen-bond acceptors (Lipinski definition) is 3. The molecule has 0 bridgehead atoms. The summed E-state index contributed by atoms with van der Waals surface area (Å²) in [6.07, 6.45) is 1.93. The predicted octanol–water partition coefficient (Wildman–Crippen LogP) is 2.55. The van der Waals surface area contributed by atoms with Crippen molar-refractivity contribution in [3.8, 4) is 0 Å². The topological polar surface area (TPSA) is 56.4 Å². The van der Waals surface area contributed by atoms with Crippen LogP contribution in [-0.2, 0) is 0 Å². The summed E-state index contributed by atoms with van der Waals surface area (Å²) in [7, 11) is 0. The Morgan fingerprint density at radius 3 is 2.64 bits per heavy atom. The van der Waals surface area contributed by atoms with Crippen molar-refractivity contribution in [2.24, 2.45) is 0 Å². The van der Waals surface area contributed by atoms with Gasteiger partial charge in [-0.15, -0.1) is 0 Å². The highest BCUT2D eigenvalue weighted by Gasteiger charge is 2.42. The number of nitrogens with zero attached hydrogens (tertiary/aromatic N) is 1. The van der Waals surface area contributed by atoms with Gasteiger partial charge in [0.2, 0.25) is 0 Å². The lowest BCUT2D eigenvalue weighted by molar-refractivity contribution is 0.0690. The second kappa shape index (κ2) is 6.62. The Bertz CT molecular complexity index is 552. The molecule has 22 heavy (non-hydrogen) atoms. The Morgan fingerprint density at radius 2 is 1.91 bits per heavy atom. The maximum Gasteiger partial charge on any atom is 0.322 e. The molecule has 0 aromatic heterocycles. The fourth-order valence-corrected chi connectivity index (χ4v) is 3.56. The number of carbonyl (C=O) groups excluding carboxylic acids is 1. The minimum absolute atomic E-state index is 0.0678. The van der Waals surface area contributed by atoms with Gasteiger partial charge in [-0.25, -0.2) is 4.79 Å². The number of benzene rings is 1. The Morgan fingerprint density at radius 1 is 1.14 bits per heavy atom. The molecular formula is C15H20Cl2N4O. The summed E-state index contributed by atoms with van der Waals surface area (Å²) in [5.41, 5.74) is 0.575. The van der Waals surface area contributed by atoms with Crippen molar-refractivity contribution in [2.45, 2.75) is 18.4 Å². The molecule has 2 amide bonds. The molecular weight excluding hydrogens is 323 g/mol. The van der Waals surface area contributed by atoms with Gasteiger partial charge in [0.05, 0.1) is 15.6 Å². The normalized spacial score (nSPS) is 20.9. The van der Waals surface area contributed by atoms with E-state index in [0.29, 0.717) is 22.3 Å². The third kappa shape index (κ3) is 3.18. The van der Waals surface area contributed by atoms with Crippen LogP contribution < -0.4 is 16.0 Å². The first-order valence-corrected chi connectivity index (χ1v) is 8.31. The molecule has 3 N–H and O–H groups in total. The molecule has 2 aliphatic heterocycles. The standard InChI is InChI=1S/C15H20Cl2N4O/c16-12-2-1-11(9-13(12)17)20-14(22)21-8-7-19-10-15(21)3-5-18-6-4-15/h1-2,9,18-19H,3-8,10H2,(H,20,22). The summed E-state index contributed by atoms with van der Waals surface area (Å²) in [6, 6.07) is 5.07. The van der Waals surface area contributed by atoms with Crippen molar-refractivity contribution >= 4 is 34.9 Å². The minimum Gasteiger partial charge on any atom is -0.317 e. The highest BCUT2D eigenvalue weighted by atomic mass is 35.5. The fourth-order valence-electron chi connectivity index (χ4n) is 3.27. The molecule has 7 heteroatoms. The molecule has 2 fully saturated rings. The van der Waals surface area contributed by atoms with Crippen LogP contribution >= 0.6 is 23.2 Å².